The molecule has 1 aromatic carbocycles. The highest BCUT2D eigenvalue weighted by Crippen LogP contribution is 2.20. The van der Waals surface area contributed by atoms with Crippen molar-refractivity contribution in [2.24, 2.45) is 0 Å². The van der Waals surface area contributed by atoms with E-state index < -0.39 is 0 Å². The molecule has 22 heavy (non-hydrogen) atoms. The van der Waals surface area contributed by atoms with Gasteiger partial charge in [-0.2, -0.15) is 0 Å². The summed E-state index contributed by atoms with van der Waals surface area (Å²) in [6, 6.07) is 8.33. The molecule has 0 aromatic heterocycles. The van der Waals surface area contributed by atoms with E-state index in [-0.39, 0.29) is 5.91 Å². The predicted molar refractivity (Wildman–Crippen MR) is 90.4 cm³/mol. The summed E-state index contributed by atoms with van der Waals surface area (Å²) in [5.41, 5.74) is 1.03. The van der Waals surface area contributed by atoms with E-state index in [0.29, 0.717) is 25.6 Å². The summed E-state index contributed by atoms with van der Waals surface area (Å²) in [4.78, 5) is 14.4. The molecule has 122 valence electrons. The number of piperidine rings is 1. The van der Waals surface area contributed by atoms with Crippen molar-refractivity contribution in [2.45, 2.75) is 52.0 Å². The highest BCUT2D eigenvalue weighted by Gasteiger charge is 2.24. The highest BCUT2D eigenvalue weighted by molar-refractivity contribution is 5.77. The van der Waals surface area contributed by atoms with Crippen molar-refractivity contribution in [3.63, 3.8) is 0 Å². The van der Waals surface area contributed by atoms with Crippen LogP contribution in [0, 0.1) is 0 Å². The number of nitrogens with zero attached hydrogens (tertiary/aromatic N) is 1. The van der Waals surface area contributed by atoms with Crippen molar-refractivity contribution < 1.29 is 9.53 Å². The summed E-state index contributed by atoms with van der Waals surface area (Å²) >= 11 is 0. The van der Waals surface area contributed by atoms with Crippen LogP contribution in [0.3, 0.4) is 0 Å². The molecule has 1 saturated heterocycles. The lowest BCUT2D eigenvalue weighted by Gasteiger charge is -2.35. The minimum atomic E-state index is 0.282. The molecule has 0 aliphatic carbocycles. The Bertz CT molecular complexity index is 459. The first-order valence-corrected chi connectivity index (χ1v) is 8.50. The lowest BCUT2D eigenvalue weighted by atomic mass is 9.99. The molecule has 1 heterocycles. The van der Waals surface area contributed by atoms with Crippen LogP contribution in [-0.4, -0.2) is 36.5 Å². The van der Waals surface area contributed by atoms with Crippen LogP contribution >= 0.6 is 0 Å². The van der Waals surface area contributed by atoms with Gasteiger partial charge in [-0.25, -0.2) is 0 Å². The first-order valence-electron chi connectivity index (χ1n) is 8.50. The van der Waals surface area contributed by atoms with Gasteiger partial charge in [-0.15, -0.1) is 0 Å². The Balaban J connectivity index is 1.76. The summed E-state index contributed by atoms with van der Waals surface area (Å²) in [7, 11) is 0. The Morgan fingerprint density at radius 3 is 2.73 bits per heavy atom. The highest BCUT2D eigenvalue weighted by atomic mass is 16.5. The zero-order valence-electron chi connectivity index (χ0n) is 13.8. The number of benzene rings is 1. The number of rotatable bonds is 7. The topological polar surface area (TPSA) is 41.6 Å². The molecule has 0 spiro atoms. The van der Waals surface area contributed by atoms with Crippen molar-refractivity contribution in [3.05, 3.63) is 24.3 Å². The molecular weight excluding hydrogens is 276 g/mol. The Hall–Kier alpha value is -1.71. The van der Waals surface area contributed by atoms with Gasteiger partial charge >= 0.3 is 0 Å². The second-order valence-corrected chi connectivity index (χ2v) is 5.78. The SMILES string of the molecule is CCOc1ccc(NCCC(=O)N2CCCCC2CC)cc1. The van der Waals surface area contributed by atoms with E-state index in [1.807, 2.05) is 31.2 Å². The Morgan fingerprint density at radius 2 is 2.05 bits per heavy atom. The maximum Gasteiger partial charge on any atom is 0.224 e. The molecular formula is C18H28N2O2. The normalized spacial score (nSPS) is 18.1. The molecule has 1 aromatic rings. The lowest BCUT2D eigenvalue weighted by Crippen LogP contribution is -2.43. The molecule has 1 amide bonds. The number of likely N-dealkylation sites (tertiary alicyclic amines) is 1. The zero-order valence-corrected chi connectivity index (χ0v) is 13.8. The lowest BCUT2D eigenvalue weighted by molar-refractivity contribution is -0.134. The summed E-state index contributed by atoms with van der Waals surface area (Å²) in [6.07, 6.45) is 5.19. The minimum absolute atomic E-state index is 0.282. The molecule has 4 heteroatoms. The third kappa shape index (κ3) is 4.65. The number of hydrogen-bond donors (Lipinski definition) is 1. The molecule has 1 atom stereocenters. The molecule has 1 N–H and O–H groups in total. The minimum Gasteiger partial charge on any atom is -0.494 e. The molecule has 0 radical (unpaired) electrons. The fourth-order valence-corrected chi connectivity index (χ4v) is 3.05. The number of carbonyl (C=O) groups is 1. The van der Waals surface area contributed by atoms with Gasteiger partial charge in [0.1, 0.15) is 5.75 Å². The Labute approximate surface area is 133 Å². The van der Waals surface area contributed by atoms with Crippen LogP contribution in [0.25, 0.3) is 0 Å². The van der Waals surface area contributed by atoms with Crippen LogP contribution < -0.4 is 10.1 Å². The van der Waals surface area contributed by atoms with E-state index in [1.165, 1.54) is 6.42 Å². The second-order valence-electron chi connectivity index (χ2n) is 5.78. The van der Waals surface area contributed by atoms with Gasteiger partial charge in [0.05, 0.1) is 6.61 Å². The Morgan fingerprint density at radius 1 is 1.27 bits per heavy atom. The summed E-state index contributed by atoms with van der Waals surface area (Å²) in [5.74, 6) is 1.16. The molecule has 0 bridgehead atoms. The molecule has 2 rings (SSSR count). The van der Waals surface area contributed by atoms with Gasteiger partial charge in [0.25, 0.3) is 0 Å². The van der Waals surface area contributed by atoms with Crippen molar-refractivity contribution in [3.8, 4) is 5.75 Å². The number of carbonyl (C=O) groups excluding carboxylic acids is 1. The fraction of sp³-hybridized carbons (Fsp3) is 0.611. The molecule has 1 aliphatic heterocycles. The average molecular weight is 304 g/mol. The summed E-state index contributed by atoms with van der Waals surface area (Å²) in [6.45, 7) is 6.44. The van der Waals surface area contributed by atoms with Crippen LogP contribution in [-0.2, 0) is 4.79 Å². The van der Waals surface area contributed by atoms with Gasteiger partial charge in [0.15, 0.2) is 0 Å². The standard InChI is InChI=1S/C18H28N2O2/c1-3-16-7-5-6-14-20(16)18(21)12-13-19-15-8-10-17(11-9-15)22-4-2/h8-11,16,19H,3-7,12-14H2,1-2H3. The van der Waals surface area contributed by atoms with Crippen molar-refractivity contribution >= 4 is 11.6 Å². The van der Waals surface area contributed by atoms with Gasteiger partial charge < -0.3 is 15.0 Å². The van der Waals surface area contributed by atoms with Gasteiger partial charge in [-0.05, 0) is 56.9 Å². The fourth-order valence-electron chi connectivity index (χ4n) is 3.05. The van der Waals surface area contributed by atoms with E-state index in [4.69, 9.17) is 4.74 Å². The zero-order chi connectivity index (χ0) is 15.8. The quantitative estimate of drug-likeness (QED) is 0.835. The van der Waals surface area contributed by atoms with Crippen LogP contribution in [0.5, 0.6) is 5.75 Å². The average Bonchev–Trinajstić information content (AvgIpc) is 2.56. The van der Waals surface area contributed by atoms with Gasteiger partial charge in [-0.1, -0.05) is 6.92 Å². The van der Waals surface area contributed by atoms with E-state index >= 15 is 0 Å². The van der Waals surface area contributed by atoms with Crippen molar-refractivity contribution in [2.75, 3.05) is 25.0 Å². The number of amides is 1. The monoisotopic (exact) mass is 304 g/mol. The van der Waals surface area contributed by atoms with E-state index in [2.05, 4.69) is 17.1 Å². The first kappa shape index (κ1) is 16.7. The molecule has 4 nitrogen and oxygen atoms in total. The maximum absolute atomic E-state index is 12.4. The molecule has 1 aliphatic rings. The number of hydrogen-bond acceptors (Lipinski definition) is 3. The number of nitrogens with one attached hydrogen (secondary N) is 1. The second kappa shape index (κ2) is 8.66. The van der Waals surface area contributed by atoms with Crippen LogP contribution in [0.2, 0.25) is 0 Å². The van der Waals surface area contributed by atoms with Crippen molar-refractivity contribution in [1.29, 1.82) is 0 Å². The molecule has 0 saturated carbocycles. The van der Waals surface area contributed by atoms with E-state index in [0.717, 1.165) is 37.2 Å². The molecule has 1 fully saturated rings. The summed E-state index contributed by atoms with van der Waals surface area (Å²) in [5, 5.41) is 3.31. The van der Waals surface area contributed by atoms with Crippen LogP contribution in [0.4, 0.5) is 5.69 Å². The third-order valence-electron chi connectivity index (χ3n) is 4.25. The van der Waals surface area contributed by atoms with Crippen LogP contribution in [0.1, 0.15) is 46.0 Å². The third-order valence-corrected chi connectivity index (χ3v) is 4.25. The van der Waals surface area contributed by atoms with Crippen LogP contribution in [0.15, 0.2) is 24.3 Å². The van der Waals surface area contributed by atoms with Gasteiger partial charge in [0, 0.05) is 31.2 Å². The summed E-state index contributed by atoms with van der Waals surface area (Å²) < 4.78 is 5.42. The Kier molecular flexibility index (Phi) is 6.56. The largest absolute Gasteiger partial charge is 0.494 e. The van der Waals surface area contributed by atoms with E-state index in [9.17, 15) is 4.79 Å². The van der Waals surface area contributed by atoms with Gasteiger partial charge in [-0.3, -0.25) is 4.79 Å². The molecule has 1 unspecified atom stereocenters. The number of anilines is 1. The maximum atomic E-state index is 12.4. The van der Waals surface area contributed by atoms with Gasteiger partial charge in [0.2, 0.25) is 5.91 Å². The van der Waals surface area contributed by atoms with E-state index in [1.54, 1.807) is 0 Å². The number of ether oxygens (including phenoxy) is 1. The first-order chi connectivity index (χ1) is 10.7. The van der Waals surface area contributed by atoms with Crippen molar-refractivity contribution in [1.82, 2.24) is 4.90 Å². The smallest absolute Gasteiger partial charge is 0.224 e. The predicted octanol–water partition coefficient (Wildman–Crippen LogP) is 3.68.